The standard InChI is InChI=1S/C11H13N3O2/c1-3-4-5-6-12-10-7-9(11(15)16)13-8(2)14-10/h1,7H,4-6H2,2H3,(H,15,16)(H,12,13,14). The van der Waals surface area contributed by atoms with E-state index >= 15 is 0 Å². The van der Waals surface area contributed by atoms with Crippen molar-refractivity contribution >= 4 is 11.8 Å². The number of aromatic carboxylic acids is 1. The fraction of sp³-hybridized carbons (Fsp3) is 0.364. The third-order valence-corrected chi connectivity index (χ3v) is 1.86. The summed E-state index contributed by atoms with van der Waals surface area (Å²) in [6.07, 6.45) is 6.62. The minimum Gasteiger partial charge on any atom is -0.477 e. The lowest BCUT2D eigenvalue weighted by atomic mass is 10.3. The van der Waals surface area contributed by atoms with Crippen molar-refractivity contribution in [2.45, 2.75) is 19.8 Å². The zero-order valence-electron chi connectivity index (χ0n) is 9.03. The number of carboxylic acids is 1. The highest BCUT2D eigenvalue weighted by atomic mass is 16.4. The van der Waals surface area contributed by atoms with E-state index in [0.717, 1.165) is 6.42 Å². The van der Waals surface area contributed by atoms with Crippen molar-refractivity contribution in [1.29, 1.82) is 0 Å². The summed E-state index contributed by atoms with van der Waals surface area (Å²) in [7, 11) is 0. The highest BCUT2D eigenvalue weighted by Gasteiger charge is 2.07. The molecule has 5 nitrogen and oxygen atoms in total. The Kier molecular flexibility index (Phi) is 4.28. The number of terminal acetylenes is 1. The topological polar surface area (TPSA) is 75.1 Å². The number of aryl methyl sites for hydroxylation is 1. The number of nitrogens with zero attached hydrogens (tertiary/aromatic N) is 2. The SMILES string of the molecule is C#CCCCNc1cc(C(=O)O)nc(C)n1. The Hall–Kier alpha value is -2.09. The summed E-state index contributed by atoms with van der Waals surface area (Å²) in [4.78, 5) is 18.6. The van der Waals surface area contributed by atoms with Crippen LogP contribution in [-0.2, 0) is 0 Å². The average Bonchev–Trinajstić information content (AvgIpc) is 2.23. The predicted molar refractivity (Wildman–Crippen MR) is 60.3 cm³/mol. The summed E-state index contributed by atoms with van der Waals surface area (Å²) < 4.78 is 0. The lowest BCUT2D eigenvalue weighted by Crippen LogP contribution is -2.08. The molecule has 1 aromatic heterocycles. The first kappa shape index (κ1) is 12.0. The number of carbonyl (C=O) groups is 1. The van der Waals surface area contributed by atoms with Gasteiger partial charge < -0.3 is 10.4 Å². The van der Waals surface area contributed by atoms with Crippen LogP contribution >= 0.6 is 0 Å². The molecule has 1 rings (SSSR count). The molecule has 0 saturated heterocycles. The second-order valence-corrected chi connectivity index (χ2v) is 3.23. The van der Waals surface area contributed by atoms with E-state index in [9.17, 15) is 4.79 Å². The summed E-state index contributed by atoms with van der Waals surface area (Å²) in [6.45, 7) is 2.32. The van der Waals surface area contributed by atoms with Crippen molar-refractivity contribution in [2.75, 3.05) is 11.9 Å². The molecular formula is C11H13N3O2. The lowest BCUT2D eigenvalue weighted by molar-refractivity contribution is 0.0690. The fourth-order valence-electron chi connectivity index (χ4n) is 1.17. The summed E-state index contributed by atoms with van der Waals surface area (Å²) in [5.74, 6) is 2.42. The first-order valence-corrected chi connectivity index (χ1v) is 4.90. The van der Waals surface area contributed by atoms with Gasteiger partial charge in [-0.15, -0.1) is 12.3 Å². The van der Waals surface area contributed by atoms with Gasteiger partial charge in [-0.2, -0.15) is 0 Å². The number of anilines is 1. The van der Waals surface area contributed by atoms with Crippen molar-refractivity contribution in [3.63, 3.8) is 0 Å². The number of hydrogen-bond donors (Lipinski definition) is 2. The maximum Gasteiger partial charge on any atom is 0.354 e. The van der Waals surface area contributed by atoms with Crippen LogP contribution in [0.4, 0.5) is 5.82 Å². The molecule has 1 heterocycles. The van der Waals surface area contributed by atoms with Crippen molar-refractivity contribution < 1.29 is 9.90 Å². The number of unbranched alkanes of at least 4 members (excludes halogenated alkanes) is 1. The quantitative estimate of drug-likeness (QED) is 0.577. The highest BCUT2D eigenvalue weighted by Crippen LogP contribution is 2.06. The van der Waals surface area contributed by atoms with Gasteiger partial charge in [0, 0.05) is 19.0 Å². The van der Waals surface area contributed by atoms with Gasteiger partial charge in [-0.25, -0.2) is 14.8 Å². The van der Waals surface area contributed by atoms with Crippen LogP contribution in [0.15, 0.2) is 6.07 Å². The predicted octanol–water partition coefficient (Wildman–Crippen LogP) is 1.31. The molecule has 0 atom stereocenters. The molecule has 5 heteroatoms. The van der Waals surface area contributed by atoms with Crippen molar-refractivity contribution in [3.8, 4) is 12.3 Å². The van der Waals surface area contributed by atoms with Crippen molar-refractivity contribution in [1.82, 2.24) is 9.97 Å². The molecule has 0 aromatic carbocycles. The molecule has 0 unspecified atom stereocenters. The van der Waals surface area contributed by atoms with Gasteiger partial charge in [0.05, 0.1) is 0 Å². The molecule has 84 valence electrons. The molecule has 0 aliphatic carbocycles. The first-order valence-electron chi connectivity index (χ1n) is 4.90. The molecule has 0 spiro atoms. The summed E-state index contributed by atoms with van der Waals surface area (Å²) in [5, 5.41) is 11.8. The normalized spacial score (nSPS) is 9.50. The largest absolute Gasteiger partial charge is 0.477 e. The molecule has 16 heavy (non-hydrogen) atoms. The second kappa shape index (κ2) is 5.71. The number of nitrogens with one attached hydrogen (secondary N) is 1. The maximum absolute atomic E-state index is 10.7. The molecule has 0 aliphatic rings. The Morgan fingerprint density at radius 2 is 2.38 bits per heavy atom. The Labute approximate surface area is 93.9 Å². The van der Waals surface area contributed by atoms with Gasteiger partial charge in [0.1, 0.15) is 11.6 Å². The third-order valence-electron chi connectivity index (χ3n) is 1.86. The minimum absolute atomic E-state index is 0.00745. The number of rotatable bonds is 5. The fourth-order valence-corrected chi connectivity index (χ4v) is 1.17. The molecule has 0 aliphatic heterocycles. The zero-order valence-corrected chi connectivity index (χ0v) is 9.03. The van der Waals surface area contributed by atoms with Gasteiger partial charge >= 0.3 is 5.97 Å². The van der Waals surface area contributed by atoms with Crippen LogP contribution in [0.3, 0.4) is 0 Å². The minimum atomic E-state index is -1.06. The van der Waals surface area contributed by atoms with Crippen LogP contribution in [-0.4, -0.2) is 27.6 Å². The van der Waals surface area contributed by atoms with Gasteiger partial charge in [-0.3, -0.25) is 0 Å². The van der Waals surface area contributed by atoms with Crippen LogP contribution in [0, 0.1) is 19.3 Å². The number of aromatic nitrogens is 2. The molecule has 0 saturated carbocycles. The van der Waals surface area contributed by atoms with E-state index in [4.69, 9.17) is 11.5 Å². The van der Waals surface area contributed by atoms with Gasteiger partial charge in [0.2, 0.25) is 0 Å². The number of carboxylic acid groups (broad SMARTS) is 1. The highest BCUT2D eigenvalue weighted by molar-refractivity contribution is 5.86. The molecule has 0 radical (unpaired) electrons. The van der Waals surface area contributed by atoms with E-state index in [1.807, 2.05) is 0 Å². The molecule has 0 bridgehead atoms. The van der Waals surface area contributed by atoms with E-state index in [2.05, 4.69) is 21.2 Å². The third kappa shape index (κ3) is 3.58. The van der Waals surface area contributed by atoms with Crippen molar-refractivity contribution in [3.05, 3.63) is 17.6 Å². The Morgan fingerprint density at radius 3 is 3.00 bits per heavy atom. The van der Waals surface area contributed by atoms with E-state index in [1.165, 1.54) is 6.07 Å². The van der Waals surface area contributed by atoms with Crippen LogP contribution in [0.25, 0.3) is 0 Å². The zero-order chi connectivity index (χ0) is 12.0. The number of hydrogen-bond acceptors (Lipinski definition) is 4. The smallest absolute Gasteiger partial charge is 0.354 e. The molecule has 0 amide bonds. The van der Waals surface area contributed by atoms with Gasteiger partial charge in [0.15, 0.2) is 5.69 Å². The average molecular weight is 219 g/mol. The summed E-state index contributed by atoms with van der Waals surface area (Å²) >= 11 is 0. The van der Waals surface area contributed by atoms with Crippen LogP contribution in [0.2, 0.25) is 0 Å². The lowest BCUT2D eigenvalue weighted by Gasteiger charge is -2.05. The molecule has 1 aromatic rings. The van der Waals surface area contributed by atoms with Gasteiger partial charge in [-0.1, -0.05) is 0 Å². The summed E-state index contributed by atoms with van der Waals surface area (Å²) in [5.41, 5.74) is -0.00745. The van der Waals surface area contributed by atoms with E-state index < -0.39 is 5.97 Å². The first-order chi connectivity index (χ1) is 7.63. The van der Waals surface area contributed by atoms with E-state index in [-0.39, 0.29) is 5.69 Å². The van der Waals surface area contributed by atoms with Gasteiger partial charge in [-0.05, 0) is 13.3 Å². The molecule has 0 fully saturated rings. The van der Waals surface area contributed by atoms with Crippen LogP contribution in [0.5, 0.6) is 0 Å². The summed E-state index contributed by atoms with van der Waals surface area (Å²) in [6, 6.07) is 1.41. The molecular weight excluding hydrogens is 206 g/mol. The van der Waals surface area contributed by atoms with Crippen molar-refractivity contribution in [2.24, 2.45) is 0 Å². The molecule has 2 N–H and O–H groups in total. The Morgan fingerprint density at radius 1 is 1.62 bits per heavy atom. The van der Waals surface area contributed by atoms with E-state index in [1.54, 1.807) is 6.92 Å². The monoisotopic (exact) mass is 219 g/mol. The van der Waals surface area contributed by atoms with Crippen LogP contribution in [0.1, 0.15) is 29.2 Å². The van der Waals surface area contributed by atoms with Crippen LogP contribution < -0.4 is 5.32 Å². The maximum atomic E-state index is 10.7. The van der Waals surface area contributed by atoms with E-state index in [0.29, 0.717) is 24.6 Å². The second-order valence-electron chi connectivity index (χ2n) is 3.23. The van der Waals surface area contributed by atoms with Gasteiger partial charge in [0.25, 0.3) is 0 Å². The Balaban J connectivity index is 2.66. The Bertz CT molecular complexity index is 424.